The van der Waals surface area contributed by atoms with Crippen LogP contribution in [0.25, 0.3) is 39.3 Å². The summed E-state index contributed by atoms with van der Waals surface area (Å²) in [7, 11) is 0. The van der Waals surface area contributed by atoms with Crippen molar-refractivity contribution in [1.29, 1.82) is 0 Å². The highest BCUT2D eigenvalue weighted by Crippen LogP contribution is 2.28. The molecule has 0 fully saturated rings. The number of aromatic amines is 1. The Bertz CT molecular complexity index is 1400. The monoisotopic (exact) mass is 374 g/mol. The minimum Gasteiger partial charge on any atom is -0.444 e. The van der Waals surface area contributed by atoms with E-state index in [-0.39, 0.29) is 5.56 Å². The molecule has 4 heterocycles. The van der Waals surface area contributed by atoms with Gasteiger partial charge in [0.2, 0.25) is 5.89 Å². The van der Waals surface area contributed by atoms with Crippen LogP contribution in [-0.4, -0.2) is 29.4 Å². The summed E-state index contributed by atoms with van der Waals surface area (Å²) in [5.41, 5.74) is 5.14. The molecule has 0 radical (unpaired) electrons. The Morgan fingerprint density at radius 3 is 2.82 bits per heavy atom. The van der Waals surface area contributed by atoms with E-state index in [1.165, 1.54) is 4.52 Å². The molecule has 28 heavy (non-hydrogen) atoms. The van der Waals surface area contributed by atoms with Gasteiger partial charge in [-0.3, -0.25) is 9.48 Å². The van der Waals surface area contributed by atoms with Crippen molar-refractivity contribution in [1.82, 2.24) is 29.4 Å². The fourth-order valence-electron chi connectivity index (χ4n) is 3.54. The number of aryl methyl sites for hydroxylation is 3. The van der Waals surface area contributed by atoms with Crippen LogP contribution in [0.2, 0.25) is 0 Å². The molecular weight excluding hydrogens is 356 g/mol. The Kier molecular flexibility index (Phi) is 3.48. The molecule has 0 aliphatic carbocycles. The van der Waals surface area contributed by atoms with Gasteiger partial charge < -0.3 is 9.40 Å². The van der Waals surface area contributed by atoms with Gasteiger partial charge >= 0.3 is 0 Å². The lowest BCUT2D eigenvalue weighted by Gasteiger charge is -2.05. The molecule has 8 nitrogen and oxygen atoms in total. The second-order valence-electron chi connectivity index (χ2n) is 6.77. The van der Waals surface area contributed by atoms with E-state index in [1.54, 1.807) is 12.3 Å². The van der Waals surface area contributed by atoms with Crippen molar-refractivity contribution in [2.24, 2.45) is 0 Å². The predicted molar refractivity (Wildman–Crippen MR) is 105 cm³/mol. The van der Waals surface area contributed by atoms with Gasteiger partial charge in [-0.1, -0.05) is 6.07 Å². The van der Waals surface area contributed by atoms with Crippen molar-refractivity contribution in [3.05, 3.63) is 58.5 Å². The number of hydrogen-bond acceptors (Lipinski definition) is 5. The predicted octanol–water partition coefficient (Wildman–Crippen LogP) is 3.33. The molecule has 0 spiro atoms. The molecule has 0 bridgehead atoms. The average molecular weight is 374 g/mol. The van der Waals surface area contributed by atoms with Crippen LogP contribution >= 0.6 is 0 Å². The number of benzene rings is 1. The normalized spacial score (nSPS) is 11.7. The standard InChI is InChI=1S/C20H18N6O2/c1-4-25-16-6-5-13(7-14(16)9-21-25)15-8-17(27)26-19(23-15)18(12(3)24-26)20-22-11(2)10-28-20/h5-10,23H,4H2,1-3H3. The molecule has 0 amide bonds. The van der Waals surface area contributed by atoms with E-state index < -0.39 is 0 Å². The summed E-state index contributed by atoms with van der Waals surface area (Å²) in [5, 5.41) is 9.76. The maximum Gasteiger partial charge on any atom is 0.274 e. The summed E-state index contributed by atoms with van der Waals surface area (Å²) >= 11 is 0. The molecule has 0 unspecified atom stereocenters. The highest BCUT2D eigenvalue weighted by atomic mass is 16.3. The van der Waals surface area contributed by atoms with Gasteiger partial charge in [0.25, 0.3) is 5.56 Å². The van der Waals surface area contributed by atoms with Crippen LogP contribution in [0.15, 0.2) is 45.9 Å². The summed E-state index contributed by atoms with van der Waals surface area (Å²) < 4.78 is 8.85. The second-order valence-corrected chi connectivity index (χ2v) is 6.77. The van der Waals surface area contributed by atoms with E-state index in [1.807, 2.05) is 42.9 Å². The maximum atomic E-state index is 12.7. The topological polar surface area (TPSA) is 94.0 Å². The van der Waals surface area contributed by atoms with Gasteiger partial charge in [0.15, 0.2) is 5.65 Å². The van der Waals surface area contributed by atoms with Crippen molar-refractivity contribution >= 4 is 16.6 Å². The summed E-state index contributed by atoms with van der Waals surface area (Å²) in [6, 6.07) is 7.57. The molecule has 4 aromatic heterocycles. The summed E-state index contributed by atoms with van der Waals surface area (Å²) in [6.45, 7) is 6.55. The van der Waals surface area contributed by atoms with E-state index in [4.69, 9.17) is 4.42 Å². The first-order valence-corrected chi connectivity index (χ1v) is 9.06. The molecule has 0 saturated carbocycles. The number of rotatable bonds is 3. The van der Waals surface area contributed by atoms with Gasteiger partial charge in [0, 0.05) is 18.0 Å². The van der Waals surface area contributed by atoms with Gasteiger partial charge in [-0.15, -0.1) is 0 Å². The lowest BCUT2D eigenvalue weighted by Crippen LogP contribution is -2.14. The first-order valence-electron chi connectivity index (χ1n) is 9.06. The molecule has 1 N–H and O–H groups in total. The summed E-state index contributed by atoms with van der Waals surface area (Å²) in [5.74, 6) is 0.442. The molecule has 140 valence electrons. The van der Waals surface area contributed by atoms with Gasteiger partial charge in [0.05, 0.1) is 28.8 Å². The van der Waals surface area contributed by atoms with Crippen LogP contribution < -0.4 is 5.56 Å². The van der Waals surface area contributed by atoms with Crippen LogP contribution in [0, 0.1) is 13.8 Å². The van der Waals surface area contributed by atoms with Crippen molar-refractivity contribution in [2.75, 3.05) is 0 Å². The summed E-state index contributed by atoms with van der Waals surface area (Å²) in [4.78, 5) is 20.4. The van der Waals surface area contributed by atoms with Crippen molar-refractivity contribution in [3.8, 4) is 22.7 Å². The third-order valence-corrected chi connectivity index (χ3v) is 4.88. The van der Waals surface area contributed by atoms with E-state index in [2.05, 4.69) is 27.1 Å². The maximum absolute atomic E-state index is 12.7. The second kappa shape index (κ2) is 5.91. The molecule has 5 rings (SSSR count). The Labute approximate surface area is 159 Å². The largest absolute Gasteiger partial charge is 0.444 e. The molecule has 8 heteroatoms. The van der Waals surface area contributed by atoms with Crippen molar-refractivity contribution in [2.45, 2.75) is 27.3 Å². The SMILES string of the molecule is CCn1ncc2cc(-c3cc(=O)n4nc(C)c(-c5nc(C)co5)c4[nH]3)ccc21. The molecule has 0 aliphatic rings. The average Bonchev–Trinajstić information content (AvgIpc) is 3.37. The van der Waals surface area contributed by atoms with Crippen molar-refractivity contribution < 1.29 is 4.42 Å². The van der Waals surface area contributed by atoms with Gasteiger partial charge in [0.1, 0.15) is 11.8 Å². The lowest BCUT2D eigenvalue weighted by atomic mass is 10.1. The molecule has 0 aliphatic heterocycles. The Morgan fingerprint density at radius 2 is 2.07 bits per heavy atom. The third kappa shape index (κ3) is 2.38. The molecular formula is C20H18N6O2. The number of hydrogen-bond donors (Lipinski definition) is 1. The fraction of sp³-hybridized carbons (Fsp3) is 0.200. The van der Waals surface area contributed by atoms with Crippen molar-refractivity contribution in [3.63, 3.8) is 0 Å². The van der Waals surface area contributed by atoms with Crippen LogP contribution in [0.4, 0.5) is 0 Å². The van der Waals surface area contributed by atoms with Gasteiger partial charge in [-0.05, 0) is 38.5 Å². The zero-order valence-electron chi connectivity index (χ0n) is 15.7. The van der Waals surface area contributed by atoms with Gasteiger partial charge in [-0.2, -0.15) is 14.7 Å². The fourth-order valence-corrected chi connectivity index (χ4v) is 3.54. The quantitative estimate of drug-likeness (QED) is 0.523. The van der Waals surface area contributed by atoms with Crippen LogP contribution in [0.3, 0.4) is 0 Å². The smallest absolute Gasteiger partial charge is 0.274 e. The summed E-state index contributed by atoms with van der Waals surface area (Å²) in [6.07, 6.45) is 3.42. The first-order chi connectivity index (χ1) is 13.5. The molecule has 0 saturated heterocycles. The molecule has 1 aromatic carbocycles. The number of fused-ring (bicyclic) bond motifs is 2. The zero-order valence-corrected chi connectivity index (χ0v) is 15.7. The van der Waals surface area contributed by atoms with E-state index in [9.17, 15) is 4.79 Å². The van der Waals surface area contributed by atoms with E-state index in [0.29, 0.717) is 28.5 Å². The van der Waals surface area contributed by atoms with Crippen LogP contribution in [-0.2, 0) is 6.54 Å². The minimum absolute atomic E-state index is 0.217. The van der Waals surface area contributed by atoms with Crippen LogP contribution in [0.1, 0.15) is 18.3 Å². The highest BCUT2D eigenvalue weighted by molar-refractivity contribution is 5.84. The van der Waals surface area contributed by atoms with Gasteiger partial charge in [-0.25, -0.2) is 4.98 Å². The number of aromatic nitrogens is 6. The Morgan fingerprint density at radius 1 is 1.21 bits per heavy atom. The van der Waals surface area contributed by atoms with E-state index >= 15 is 0 Å². The molecule has 5 aromatic rings. The Hall–Kier alpha value is -3.68. The first kappa shape index (κ1) is 16.5. The third-order valence-electron chi connectivity index (χ3n) is 4.88. The van der Waals surface area contributed by atoms with E-state index in [0.717, 1.165) is 28.7 Å². The zero-order chi connectivity index (χ0) is 19.4. The number of nitrogens with one attached hydrogen (secondary N) is 1. The molecule has 0 atom stereocenters. The van der Waals surface area contributed by atoms with Crippen LogP contribution in [0.5, 0.6) is 0 Å². The number of nitrogens with zero attached hydrogens (tertiary/aromatic N) is 5. The number of oxazole rings is 1. The highest BCUT2D eigenvalue weighted by Gasteiger charge is 2.19. The minimum atomic E-state index is -0.217. The number of H-pyrrole nitrogens is 1. The lowest BCUT2D eigenvalue weighted by molar-refractivity contribution is 0.573. The Balaban J connectivity index is 1.74.